The lowest BCUT2D eigenvalue weighted by Gasteiger charge is -2.25. The molecule has 1 nitrogen and oxygen atoms in total. The second kappa shape index (κ2) is 7.39. The van der Waals surface area contributed by atoms with Crippen LogP contribution in [-0.2, 0) is 0 Å². The van der Waals surface area contributed by atoms with Crippen molar-refractivity contribution >= 4 is 15.9 Å². The molecule has 0 fully saturated rings. The Labute approximate surface area is 125 Å². The van der Waals surface area contributed by atoms with Crippen molar-refractivity contribution in [2.75, 3.05) is 6.54 Å². The summed E-state index contributed by atoms with van der Waals surface area (Å²) in [6, 6.07) is 5.49. The van der Waals surface area contributed by atoms with Gasteiger partial charge in [0.25, 0.3) is 0 Å². The van der Waals surface area contributed by atoms with E-state index in [1.807, 2.05) is 6.07 Å². The maximum atomic E-state index is 13.7. The highest BCUT2D eigenvalue weighted by atomic mass is 79.9. The van der Waals surface area contributed by atoms with Gasteiger partial charge in [-0.3, -0.25) is 0 Å². The van der Waals surface area contributed by atoms with Gasteiger partial charge in [0.2, 0.25) is 0 Å². The van der Waals surface area contributed by atoms with Crippen LogP contribution in [0.5, 0.6) is 0 Å². The molecular formula is C16H25BrFN. The zero-order valence-corrected chi connectivity index (χ0v) is 14.0. The van der Waals surface area contributed by atoms with Gasteiger partial charge in [-0.2, -0.15) is 0 Å². The summed E-state index contributed by atoms with van der Waals surface area (Å²) in [7, 11) is 0. The predicted molar refractivity (Wildman–Crippen MR) is 83.8 cm³/mol. The van der Waals surface area contributed by atoms with Crippen LogP contribution < -0.4 is 5.32 Å². The average Bonchev–Trinajstić information content (AvgIpc) is 2.32. The Kier molecular flexibility index (Phi) is 6.48. The van der Waals surface area contributed by atoms with Crippen molar-refractivity contribution < 1.29 is 4.39 Å². The Morgan fingerprint density at radius 2 is 2.00 bits per heavy atom. The minimum absolute atomic E-state index is 0.184. The number of halogens is 2. The molecule has 0 bridgehead atoms. The highest BCUT2D eigenvalue weighted by Gasteiger charge is 2.19. The summed E-state index contributed by atoms with van der Waals surface area (Å²) in [4.78, 5) is 0. The van der Waals surface area contributed by atoms with Crippen molar-refractivity contribution in [3.8, 4) is 0 Å². The smallest absolute Gasteiger partial charge is 0.137 e. The summed E-state index contributed by atoms with van der Waals surface area (Å²) < 4.78 is 14.3. The van der Waals surface area contributed by atoms with Crippen LogP contribution >= 0.6 is 15.9 Å². The summed E-state index contributed by atoms with van der Waals surface area (Å²) in [6.07, 6.45) is 3.21. The molecule has 0 aliphatic carbocycles. The average molecular weight is 330 g/mol. The monoisotopic (exact) mass is 329 g/mol. The van der Waals surface area contributed by atoms with E-state index in [1.54, 1.807) is 6.07 Å². The molecule has 3 heteroatoms. The Balaban J connectivity index is 2.86. The summed E-state index contributed by atoms with van der Waals surface area (Å²) in [5, 5.41) is 3.53. The Morgan fingerprint density at radius 1 is 1.32 bits per heavy atom. The maximum absolute atomic E-state index is 13.7. The number of hydrogen-bond acceptors (Lipinski definition) is 1. The second-order valence-electron chi connectivity index (χ2n) is 6.25. The fraction of sp³-hybridized carbons (Fsp3) is 0.625. The third kappa shape index (κ3) is 5.62. The topological polar surface area (TPSA) is 12.0 Å². The van der Waals surface area contributed by atoms with E-state index in [1.165, 1.54) is 6.07 Å². The standard InChI is InChI=1S/C16H25BrFN/c1-5-11-19-14(9-10-16(2,3)4)12-7-6-8-13(18)15(12)17/h6-8,14,19H,5,9-11H2,1-4H3. The summed E-state index contributed by atoms with van der Waals surface area (Å²) >= 11 is 3.38. The molecule has 0 aromatic heterocycles. The lowest BCUT2D eigenvalue weighted by molar-refractivity contribution is 0.331. The third-order valence-corrected chi connectivity index (χ3v) is 4.02. The minimum Gasteiger partial charge on any atom is -0.310 e. The van der Waals surface area contributed by atoms with Crippen LogP contribution in [0.1, 0.15) is 58.6 Å². The van der Waals surface area contributed by atoms with Crippen molar-refractivity contribution in [2.45, 2.75) is 53.0 Å². The van der Waals surface area contributed by atoms with Crippen LogP contribution in [0.3, 0.4) is 0 Å². The molecule has 1 N–H and O–H groups in total. The first-order valence-corrected chi connectivity index (χ1v) is 7.81. The zero-order chi connectivity index (χ0) is 14.5. The van der Waals surface area contributed by atoms with Gasteiger partial charge in [-0.25, -0.2) is 4.39 Å². The normalized spacial score (nSPS) is 13.6. The number of benzene rings is 1. The van der Waals surface area contributed by atoms with E-state index >= 15 is 0 Å². The highest BCUT2D eigenvalue weighted by Crippen LogP contribution is 2.32. The Hall–Kier alpha value is -0.410. The summed E-state index contributed by atoms with van der Waals surface area (Å²) in [6.45, 7) is 9.83. The molecule has 0 saturated heterocycles. The lowest BCUT2D eigenvalue weighted by atomic mass is 9.87. The van der Waals surface area contributed by atoms with E-state index in [0.29, 0.717) is 9.89 Å². The molecule has 0 radical (unpaired) electrons. The van der Waals surface area contributed by atoms with E-state index in [-0.39, 0.29) is 11.9 Å². The Bertz CT molecular complexity index is 398. The van der Waals surface area contributed by atoms with Crippen LogP contribution in [0.15, 0.2) is 22.7 Å². The number of rotatable bonds is 6. The molecule has 0 amide bonds. The molecule has 1 atom stereocenters. The lowest BCUT2D eigenvalue weighted by Crippen LogP contribution is -2.24. The van der Waals surface area contributed by atoms with Gasteiger partial charge in [-0.1, -0.05) is 39.8 Å². The molecule has 0 aliphatic heterocycles. The highest BCUT2D eigenvalue weighted by molar-refractivity contribution is 9.10. The molecule has 108 valence electrons. The van der Waals surface area contributed by atoms with Crippen molar-refractivity contribution in [3.63, 3.8) is 0 Å². The van der Waals surface area contributed by atoms with Gasteiger partial charge in [-0.15, -0.1) is 0 Å². The fourth-order valence-electron chi connectivity index (χ4n) is 2.05. The van der Waals surface area contributed by atoms with Crippen molar-refractivity contribution in [1.82, 2.24) is 5.32 Å². The first-order valence-electron chi connectivity index (χ1n) is 7.02. The van der Waals surface area contributed by atoms with Gasteiger partial charge in [0.1, 0.15) is 5.82 Å². The fourth-order valence-corrected chi connectivity index (χ4v) is 2.59. The van der Waals surface area contributed by atoms with Gasteiger partial charge in [0.05, 0.1) is 4.47 Å². The Morgan fingerprint density at radius 3 is 2.58 bits per heavy atom. The predicted octanol–water partition coefficient (Wildman–Crippen LogP) is 5.46. The molecule has 0 aliphatic rings. The zero-order valence-electron chi connectivity index (χ0n) is 12.4. The molecule has 0 saturated carbocycles. The first kappa shape index (κ1) is 16.6. The van der Waals surface area contributed by atoms with Gasteiger partial charge in [-0.05, 0) is 58.8 Å². The van der Waals surface area contributed by atoms with Gasteiger partial charge >= 0.3 is 0 Å². The quantitative estimate of drug-likeness (QED) is 0.731. The number of hydrogen-bond donors (Lipinski definition) is 1. The third-order valence-electron chi connectivity index (χ3n) is 3.18. The molecule has 1 rings (SSSR count). The number of nitrogens with one attached hydrogen (secondary N) is 1. The van der Waals surface area contributed by atoms with Crippen molar-refractivity contribution in [3.05, 3.63) is 34.1 Å². The van der Waals surface area contributed by atoms with Gasteiger partial charge in [0, 0.05) is 6.04 Å². The molecule has 1 aromatic rings. The van der Waals surface area contributed by atoms with Crippen molar-refractivity contribution in [1.29, 1.82) is 0 Å². The first-order chi connectivity index (χ1) is 8.85. The van der Waals surface area contributed by atoms with Gasteiger partial charge < -0.3 is 5.32 Å². The van der Waals surface area contributed by atoms with E-state index in [4.69, 9.17) is 0 Å². The molecule has 19 heavy (non-hydrogen) atoms. The van der Waals surface area contributed by atoms with Crippen LogP contribution in [0, 0.1) is 11.2 Å². The molecule has 0 spiro atoms. The minimum atomic E-state index is -0.184. The molecule has 1 unspecified atom stereocenters. The van der Waals surface area contributed by atoms with E-state index in [2.05, 4.69) is 48.9 Å². The van der Waals surface area contributed by atoms with Crippen LogP contribution in [0.4, 0.5) is 4.39 Å². The second-order valence-corrected chi connectivity index (χ2v) is 7.04. The largest absolute Gasteiger partial charge is 0.310 e. The summed E-state index contributed by atoms with van der Waals surface area (Å²) in [5.74, 6) is -0.184. The molecule has 1 aromatic carbocycles. The maximum Gasteiger partial charge on any atom is 0.137 e. The summed E-state index contributed by atoms with van der Waals surface area (Å²) in [5.41, 5.74) is 1.32. The molecule has 0 heterocycles. The van der Waals surface area contributed by atoms with E-state index < -0.39 is 0 Å². The van der Waals surface area contributed by atoms with E-state index in [0.717, 1.165) is 31.4 Å². The van der Waals surface area contributed by atoms with Crippen molar-refractivity contribution in [2.24, 2.45) is 5.41 Å². The van der Waals surface area contributed by atoms with Gasteiger partial charge in [0.15, 0.2) is 0 Å². The van der Waals surface area contributed by atoms with Crippen LogP contribution in [0.25, 0.3) is 0 Å². The van der Waals surface area contributed by atoms with E-state index in [9.17, 15) is 4.39 Å². The SMILES string of the molecule is CCCNC(CCC(C)(C)C)c1cccc(F)c1Br. The van der Waals surface area contributed by atoms with Crippen LogP contribution in [-0.4, -0.2) is 6.54 Å². The molecular weight excluding hydrogens is 305 g/mol. The van der Waals surface area contributed by atoms with Crippen LogP contribution in [0.2, 0.25) is 0 Å².